The lowest BCUT2D eigenvalue weighted by Gasteiger charge is -2.16. The number of rotatable bonds is 7. The van der Waals surface area contributed by atoms with E-state index in [4.69, 9.17) is 4.74 Å². The number of hydrogen-bond acceptors (Lipinski definition) is 3. The Kier molecular flexibility index (Phi) is 9.42. The lowest BCUT2D eigenvalue weighted by molar-refractivity contribution is -0.117. The molecule has 162 valence electrons. The maximum absolute atomic E-state index is 11.9. The van der Waals surface area contributed by atoms with E-state index in [0.29, 0.717) is 19.5 Å². The summed E-state index contributed by atoms with van der Waals surface area (Å²) in [7, 11) is 1.76. The van der Waals surface area contributed by atoms with Gasteiger partial charge in [0, 0.05) is 38.8 Å². The van der Waals surface area contributed by atoms with Crippen LogP contribution in [0.2, 0.25) is 0 Å². The molecule has 0 bridgehead atoms. The number of benzene rings is 2. The lowest BCUT2D eigenvalue weighted by Crippen LogP contribution is -2.36. The Morgan fingerprint density at radius 3 is 2.07 bits per heavy atom. The van der Waals surface area contributed by atoms with E-state index < -0.39 is 0 Å². The van der Waals surface area contributed by atoms with Crippen molar-refractivity contribution in [1.82, 2.24) is 10.6 Å². The van der Waals surface area contributed by atoms with Gasteiger partial charge in [-0.15, -0.1) is 24.0 Å². The van der Waals surface area contributed by atoms with Crippen molar-refractivity contribution in [1.29, 1.82) is 0 Å². The molecule has 6 nitrogen and oxygen atoms in total. The van der Waals surface area contributed by atoms with Crippen LogP contribution in [0.25, 0.3) is 0 Å². The predicted molar refractivity (Wildman–Crippen MR) is 133 cm³/mol. The Bertz CT molecular complexity index is 835. The van der Waals surface area contributed by atoms with E-state index in [2.05, 4.69) is 39.9 Å². The van der Waals surface area contributed by atoms with E-state index in [9.17, 15) is 4.79 Å². The molecular formula is C23H31IN4O2. The summed E-state index contributed by atoms with van der Waals surface area (Å²) in [4.78, 5) is 18.0. The van der Waals surface area contributed by atoms with Crippen LogP contribution in [0.3, 0.4) is 0 Å². The Labute approximate surface area is 196 Å². The third-order valence-corrected chi connectivity index (χ3v) is 4.76. The van der Waals surface area contributed by atoms with Crippen LogP contribution in [0.1, 0.15) is 37.8 Å². The highest BCUT2D eigenvalue weighted by molar-refractivity contribution is 14.0. The third-order valence-electron chi connectivity index (χ3n) is 4.76. The maximum atomic E-state index is 11.9. The smallest absolute Gasteiger partial charge is 0.227 e. The SMILES string of the molecule is CN=C(NCc1ccc(OC(C)C)cc1)NCc1ccc(N2CCCC2=O)cc1.I. The Balaban J connectivity index is 0.00000320. The normalized spacial score (nSPS) is 13.9. The van der Waals surface area contributed by atoms with Crippen molar-refractivity contribution in [2.75, 3.05) is 18.5 Å². The summed E-state index contributed by atoms with van der Waals surface area (Å²) in [5.41, 5.74) is 3.27. The lowest BCUT2D eigenvalue weighted by atomic mass is 10.2. The summed E-state index contributed by atoms with van der Waals surface area (Å²) in [6.45, 7) is 6.19. The summed E-state index contributed by atoms with van der Waals surface area (Å²) in [5, 5.41) is 6.65. The van der Waals surface area contributed by atoms with Crippen molar-refractivity contribution in [2.24, 2.45) is 4.99 Å². The van der Waals surface area contributed by atoms with Crippen molar-refractivity contribution in [3.05, 3.63) is 59.7 Å². The molecule has 0 aliphatic carbocycles. The molecule has 1 aliphatic rings. The van der Waals surface area contributed by atoms with Gasteiger partial charge in [-0.2, -0.15) is 0 Å². The second-order valence-corrected chi connectivity index (χ2v) is 7.41. The third kappa shape index (κ3) is 6.90. The molecule has 0 saturated carbocycles. The first-order chi connectivity index (χ1) is 14.0. The minimum Gasteiger partial charge on any atom is -0.491 e. The number of ether oxygens (including phenoxy) is 1. The zero-order chi connectivity index (χ0) is 20.6. The van der Waals surface area contributed by atoms with E-state index in [1.54, 1.807) is 7.05 Å². The topological polar surface area (TPSA) is 66.0 Å². The predicted octanol–water partition coefficient (Wildman–Crippen LogP) is 4.08. The van der Waals surface area contributed by atoms with Crippen LogP contribution in [0, 0.1) is 0 Å². The van der Waals surface area contributed by atoms with Gasteiger partial charge >= 0.3 is 0 Å². The highest BCUT2D eigenvalue weighted by Gasteiger charge is 2.21. The average molecular weight is 522 g/mol. The molecule has 2 aromatic rings. The molecule has 30 heavy (non-hydrogen) atoms. The molecule has 7 heteroatoms. The minimum absolute atomic E-state index is 0. The van der Waals surface area contributed by atoms with Crippen LogP contribution in [-0.4, -0.2) is 31.6 Å². The van der Waals surface area contributed by atoms with Crippen molar-refractivity contribution in [2.45, 2.75) is 45.9 Å². The summed E-state index contributed by atoms with van der Waals surface area (Å²) in [6.07, 6.45) is 1.77. The van der Waals surface area contributed by atoms with Gasteiger partial charge in [0.15, 0.2) is 5.96 Å². The van der Waals surface area contributed by atoms with Crippen LogP contribution >= 0.6 is 24.0 Å². The molecule has 2 N–H and O–H groups in total. The van der Waals surface area contributed by atoms with Crippen LogP contribution < -0.4 is 20.3 Å². The molecule has 1 saturated heterocycles. The Morgan fingerprint density at radius 1 is 1.03 bits per heavy atom. The van der Waals surface area contributed by atoms with Crippen molar-refractivity contribution in [3.8, 4) is 5.75 Å². The Morgan fingerprint density at radius 2 is 1.60 bits per heavy atom. The molecule has 1 aliphatic heterocycles. The quantitative estimate of drug-likeness (QED) is 0.327. The minimum atomic E-state index is 0. The van der Waals surface area contributed by atoms with E-state index in [0.717, 1.165) is 41.5 Å². The van der Waals surface area contributed by atoms with Gasteiger partial charge in [0.2, 0.25) is 5.91 Å². The summed E-state index contributed by atoms with van der Waals surface area (Å²) in [6, 6.07) is 16.2. The zero-order valence-electron chi connectivity index (χ0n) is 17.9. The van der Waals surface area contributed by atoms with Gasteiger partial charge in [-0.1, -0.05) is 24.3 Å². The number of amides is 1. The Hall–Kier alpha value is -2.29. The van der Waals surface area contributed by atoms with Crippen LogP contribution in [0.15, 0.2) is 53.5 Å². The second-order valence-electron chi connectivity index (χ2n) is 7.41. The first kappa shape index (κ1) is 24.0. The van der Waals surface area contributed by atoms with E-state index in [1.807, 2.05) is 43.0 Å². The maximum Gasteiger partial charge on any atom is 0.227 e. The fourth-order valence-corrected chi connectivity index (χ4v) is 3.27. The largest absolute Gasteiger partial charge is 0.491 e. The van der Waals surface area contributed by atoms with Gasteiger partial charge in [-0.3, -0.25) is 9.79 Å². The molecule has 1 heterocycles. The van der Waals surface area contributed by atoms with Gasteiger partial charge in [0.05, 0.1) is 6.10 Å². The number of carbonyl (C=O) groups excluding carboxylic acids is 1. The van der Waals surface area contributed by atoms with E-state index in [-0.39, 0.29) is 36.0 Å². The molecule has 1 amide bonds. The summed E-state index contributed by atoms with van der Waals surface area (Å²) < 4.78 is 5.67. The number of anilines is 1. The summed E-state index contributed by atoms with van der Waals surface area (Å²) >= 11 is 0. The molecule has 0 spiro atoms. The molecule has 0 unspecified atom stereocenters. The molecule has 0 aromatic heterocycles. The highest BCUT2D eigenvalue weighted by atomic mass is 127. The second kappa shape index (κ2) is 11.8. The highest BCUT2D eigenvalue weighted by Crippen LogP contribution is 2.21. The first-order valence-corrected chi connectivity index (χ1v) is 10.1. The molecule has 3 rings (SSSR count). The average Bonchev–Trinajstić information content (AvgIpc) is 3.15. The standard InChI is InChI=1S/C23H30N4O2.HI/c1-17(2)29-21-12-8-19(9-13-21)16-26-23(24-3)25-15-18-6-10-20(11-7-18)27-14-4-5-22(27)28;/h6-13,17H,4-5,14-16H2,1-3H3,(H2,24,25,26);1H. The number of aliphatic imine (C=N–C) groups is 1. The number of hydrogen-bond donors (Lipinski definition) is 2. The summed E-state index contributed by atoms with van der Waals surface area (Å²) in [5.74, 6) is 1.83. The number of guanidine groups is 1. The molecular weight excluding hydrogens is 491 g/mol. The molecule has 0 atom stereocenters. The fraction of sp³-hybridized carbons (Fsp3) is 0.391. The first-order valence-electron chi connectivity index (χ1n) is 10.1. The van der Waals surface area contributed by atoms with Crippen molar-refractivity contribution >= 4 is 41.5 Å². The van der Waals surface area contributed by atoms with Gasteiger partial charge in [-0.05, 0) is 55.7 Å². The van der Waals surface area contributed by atoms with Gasteiger partial charge < -0.3 is 20.3 Å². The van der Waals surface area contributed by atoms with E-state index in [1.165, 1.54) is 0 Å². The fourth-order valence-electron chi connectivity index (χ4n) is 3.27. The molecule has 1 fully saturated rings. The van der Waals surface area contributed by atoms with Crippen molar-refractivity contribution in [3.63, 3.8) is 0 Å². The number of nitrogens with zero attached hydrogens (tertiary/aromatic N) is 2. The van der Waals surface area contributed by atoms with Gasteiger partial charge in [0.25, 0.3) is 0 Å². The number of halogens is 1. The molecule has 2 aromatic carbocycles. The van der Waals surface area contributed by atoms with Gasteiger partial charge in [0.1, 0.15) is 5.75 Å². The number of carbonyl (C=O) groups is 1. The van der Waals surface area contributed by atoms with Crippen LogP contribution in [0.5, 0.6) is 5.75 Å². The van der Waals surface area contributed by atoms with Crippen molar-refractivity contribution < 1.29 is 9.53 Å². The van der Waals surface area contributed by atoms with Gasteiger partial charge in [-0.25, -0.2) is 0 Å². The van der Waals surface area contributed by atoms with Crippen LogP contribution in [-0.2, 0) is 17.9 Å². The monoisotopic (exact) mass is 522 g/mol. The van der Waals surface area contributed by atoms with Crippen LogP contribution in [0.4, 0.5) is 5.69 Å². The van der Waals surface area contributed by atoms with E-state index >= 15 is 0 Å². The zero-order valence-corrected chi connectivity index (χ0v) is 20.2. The molecule has 0 radical (unpaired) electrons. The number of nitrogens with one attached hydrogen (secondary N) is 2.